The Morgan fingerprint density at radius 1 is 1.18 bits per heavy atom. The molecule has 0 aliphatic heterocycles. The second kappa shape index (κ2) is 6.82. The maximum absolute atomic E-state index is 5.57. The third kappa shape index (κ3) is 3.69. The van der Waals surface area contributed by atoms with Crippen molar-refractivity contribution in [2.24, 2.45) is 0 Å². The zero-order valence-corrected chi connectivity index (χ0v) is 10.7. The van der Waals surface area contributed by atoms with Crippen molar-refractivity contribution in [1.29, 1.82) is 0 Å². The molecule has 0 heterocycles. The van der Waals surface area contributed by atoms with Crippen LogP contribution >= 0.6 is 0 Å². The Morgan fingerprint density at radius 3 is 2.47 bits per heavy atom. The van der Waals surface area contributed by atoms with Crippen molar-refractivity contribution in [3.05, 3.63) is 23.8 Å². The SMILES string of the molecule is CC#CCOC(C)c1ccc(OC)c(OC)c1. The standard InChI is InChI=1S/C14H18O3/c1-5-6-9-17-11(2)12-7-8-13(15-3)14(10-12)16-4/h7-8,10-11H,9H2,1-4H3. The van der Waals surface area contributed by atoms with Crippen molar-refractivity contribution in [2.75, 3.05) is 20.8 Å². The molecule has 17 heavy (non-hydrogen) atoms. The highest BCUT2D eigenvalue weighted by Gasteiger charge is 2.09. The maximum atomic E-state index is 5.57. The van der Waals surface area contributed by atoms with Gasteiger partial charge >= 0.3 is 0 Å². The predicted octanol–water partition coefficient (Wildman–Crippen LogP) is 2.80. The van der Waals surface area contributed by atoms with Crippen LogP contribution in [0.25, 0.3) is 0 Å². The summed E-state index contributed by atoms with van der Waals surface area (Å²) in [6.07, 6.45) is -0.0179. The molecule has 0 saturated heterocycles. The molecule has 0 saturated carbocycles. The van der Waals surface area contributed by atoms with Crippen LogP contribution in [0, 0.1) is 11.8 Å². The first-order valence-electron chi connectivity index (χ1n) is 5.46. The van der Waals surface area contributed by atoms with Gasteiger partial charge in [-0.15, -0.1) is 5.92 Å². The molecule has 3 heteroatoms. The van der Waals surface area contributed by atoms with Gasteiger partial charge in [0.15, 0.2) is 11.5 Å². The van der Waals surface area contributed by atoms with Gasteiger partial charge < -0.3 is 14.2 Å². The van der Waals surface area contributed by atoms with Gasteiger partial charge in [-0.1, -0.05) is 12.0 Å². The molecule has 1 unspecified atom stereocenters. The Labute approximate surface area is 103 Å². The first kappa shape index (κ1) is 13.4. The minimum absolute atomic E-state index is 0.0179. The Bertz CT molecular complexity index is 415. The van der Waals surface area contributed by atoms with Gasteiger partial charge in [-0.2, -0.15) is 0 Å². The Balaban J connectivity index is 2.79. The summed E-state index contributed by atoms with van der Waals surface area (Å²) in [7, 11) is 3.24. The van der Waals surface area contributed by atoms with Gasteiger partial charge in [-0.25, -0.2) is 0 Å². The molecule has 1 aromatic rings. The van der Waals surface area contributed by atoms with Crippen LogP contribution < -0.4 is 9.47 Å². The third-order valence-corrected chi connectivity index (χ3v) is 2.46. The lowest BCUT2D eigenvalue weighted by Gasteiger charge is -2.14. The molecule has 0 aliphatic carbocycles. The molecular formula is C14H18O3. The molecule has 3 nitrogen and oxygen atoms in total. The summed E-state index contributed by atoms with van der Waals surface area (Å²) >= 11 is 0. The smallest absolute Gasteiger partial charge is 0.161 e. The van der Waals surface area contributed by atoms with Crippen LogP contribution in [0.5, 0.6) is 11.5 Å². The van der Waals surface area contributed by atoms with Crippen LogP contribution in [-0.2, 0) is 4.74 Å². The van der Waals surface area contributed by atoms with E-state index >= 15 is 0 Å². The average Bonchev–Trinajstić information content (AvgIpc) is 2.38. The van der Waals surface area contributed by atoms with Gasteiger partial charge in [0.2, 0.25) is 0 Å². The van der Waals surface area contributed by atoms with E-state index in [1.165, 1.54) is 0 Å². The Kier molecular flexibility index (Phi) is 5.38. The topological polar surface area (TPSA) is 27.7 Å². The first-order valence-corrected chi connectivity index (χ1v) is 5.46. The lowest BCUT2D eigenvalue weighted by molar-refractivity contribution is 0.0923. The van der Waals surface area contributed by atoms with Gasteiger partial charge in [0.05, 0.1) is 20.3 Å². The molecule has 0 aromatic heterocycles. The predicted molar refractivity (Wildman–Crippen MR) is 67.4 cm³/mol. The van der Waals surface area contributed by atoms with Crippen LogP contribution in [0.15, 0.2) is 18.2 Å². The average molecular weight is 234 g/mol. The molecule has 1 atom stereocenters. The van der Waals surface area contributed by atoms with E-state index in [1.807, 2.05) is 25.1 Å². The van der Waals surface area contributed by atoms with E-state index in [4.69, 9.17) is 14.2 Å². The minimum atomic E-state index is -0.0179. The Hall–Kier alpha value is -1.66. The molecule has 1 rings (SSSR count). The molecule has 0 N–H and O–H groups in total. The summed E-state index contributed by atoms with van der Waals surface area (Å²) in [5, 5.41) is 0. The zero-order chi connectivity index (χ0) is 12.7. The summed E-state index contributed by atoms with van der Waals surface area (Å²) in [6, 6.07) is 5.76. The van der Waals surface area contributed by atoms with Gasteiger partial charge in [-0.05, 0) is 31.5 Å². The molecule has 0 spiro atoms. The van der Waals surface area contributed by atoms with Crippen LogP contribution in [0.4, 0.5) is 0 Å². The van der Waals surface area contributed by atoms with Crippen molar-refractivity contribution >= 4 is 0 Å². The fourth-order valence-corrected chi connectivity index (χ4v) is 1.44. The molecular weight excluding hydrogens is 216 g/mol. The van der Waals surface area contributed by atoms with Crippen LogP contribution in [0.1, 0.15) is 25.5 Å². The fourth-order valence-electron chi connectivity index (χ4n) is 1.44. The minimum Gasteiger partial charge on any atom is -0.493 e. The van der Waals surface area contributed by atoms with E-state index in [2.05, 4.69) is 11.8 Å². The zero-order valence-electron chi connectivity index (χ0n) is 10.7. The lowest BCUT2D eigenvalue weighted by atomic mass is 10.1. The van der Waals surface area contributed by atoms with E-state index < -0.39 is 0 Å². The highest BCUT2D eigenvalue weighted by atomic mass is 16.5. The number of hydrogen-bond donors (Lipinski definition) is 0. The van der Waals surface area contributed by atoms with Gasteiger partial charge in [0.25, 0.3) is 0 Å². The van der Waals surface area contributed by atoms with Crippen molar-refractivity contribution in [2.45, 2.75) is 20.0 Å². The second-order valence-electron chi connectivity index (χ2n) is 3.49. The maximum Gasteiger partial charge on any atom is 0.161 e. The lowest BCUT2D eigenvalue weighted by Crippen LogP contribution is -2.01. The number of rotatable bonds is 5. The number of ether oxygens (including phenoxy) is 3. The van der Waals surface area contributed by atoms with Crippen molar-refractivity contribution < 1.29 is 14.2 Å². The number of benzene rings is 1. The van der Waals surface area contributed by atoms with E-state index in [0.717, 1.165) is 11.3 Å². The quantitative estimate of drug-likeness (QED) is 0.733. The summed E-state index contributed by atoms with van der Waals surface area (Å²) in [5.41, 5.74) is 1.04. The number of methoxy groups -OCH3 is 2. The fraction of sp³-hybridized carbons (Fsp3) is 0.429. The van der Waals surface area contributed by atoms with Crippen LogP contribution in [0.3, 0.4) is 0 Å². The van der Waals surface area contributed by atoms with E-state index in [9.17, 15) is 0 Å². The van der Waals surface area contributed by atoms with Gasteiger partial charge in [0, 0.05) is 0 Å². The van der Waals surface area contributed by atoms with Gasteiger partial charge in [-0.3, -0.25) is 0 Å². The molecule has 0 amide bonds. The molecule has 92 valence electrons. The van der Waals surface area contributed by atoms with Gasteiger partial charge in [0.1, 0.15) is 6.61 Å². The third-order valence-electron chi connectivity index (χ3n) is 2.46. The summed E-state index contributed by atoms with van der Waals surface area (Å²) in [6.45, 7) is 4.22. The molecule has 0 aliphatic rings. The van der Waals surface area contributed by atoms with Crippen molar-refractivity contribution in [1.82, 2.24) is 0 Å². The van der Waals surface area contributed by atoms with Crippen LogP contribution in [-0.4, -0.2) is 20.8 Å². The normalized spacial score (nSPS) is 11.3. The monoisotopic (exact) mass is 234 g/mol. The van der Waals surface area contributed by atoms with E-state index in [0.29, 0.717) is 12.4 Å². The van der Waals surface area contributed by atoms with E-state index in [-0.39, 0.29) is 6.10 Å². The van der Waals surface area contributed by atoms with Crippen molar-refractivity contribution in [3.63, 3.8) is 0 Å². The highest BCUT2D eigenvalue weighted by molar-refractivity contribution is 5.43. The molecule has 0 fully saturated rings. The molecule has 0 bridgehead atoms. The summed E-state index contributed by atoms with van der Waals surface area (Å²) < 4.78 is 16.0. The van der Waals surface area contributed by atoms with Crippen LogP contribution in [0.2, 0.25) is 0 Å². The van der Waals surface area contributed by atoms with Crippen molar-refractivity contribution in [3.8, 4) is 23.3 Å². The molecule has 0 radical (unpaired) electrons. The second-order valence-corrected chi connectivity index (χ2v) is 3.49. The summed E-state index contributed by atoms with van der Waals surface area (Å²) in [4.78, 5) is 0. The number of hydrogen-bond acceptors (Lipinski definition) is 3. The first-order chi connectivity index (χ1) is 8.22. The van der Waals surface area contributed by atoms with E-state index in [1.54, 1.807) is 21.1 Å². The summed E-state index contributed by atoms with van der Waals surface area (Å²) in [5.74, 6) is 7.10. The highest BCUT2D eigenvalue weighted by Crippen LogP contribution is 2.30. The Morgan fingerprint density at radius 2 is 1.88 bits per heavy atom. The largest absolute Gasteiger partial charge is 0.493 e. The molecule has 1 aromatic carbocycles.